The predicted octanol–water partition coefficient (Wildman–Crippen LogP) is 1.66. The molecule has 5 aliphatic rings. The van der Waals surface area contributed by atoms with Gasteiger partial charge in [-0.3, -0.25) is 4.79 Å². The summed E-state index contributed by atoms with van der Waals surface area (Å²) in [6.45, 7) is 4.35. The number of amides is 1. The molecule has 0 radical (unpaired) electrons. The van der Waals surface area contributed by atoms with Crippen LogP contribution in [0.2, 0.25) is 0 Å². The number of fused-ring (bicyclic) bond motifs is 2. The van der Waals surface area contributed by atoms with Crippen LogP contribution in [0.25, 0.3) is 16.5 Å². The molecular weight excluding hydrogens is 536 g/mol. The standard InChI is InChI=1S/C31H34N6O5/c1-36-11-13-37(14-12-36)31-33-23-10-3-2-7-20(23)27(34-31)25-24(28(38)35-29(25)39)22-16-32-26-19(22)8-4-9-21(26)30(40)42-17-18-6-5-15-41-18/h2-4,7-10,16,18,23,29,32,39H,5-6,11-15,17H2,1H3,(H,33,34)(H,35,38). The number of aliphatic hydroxyl groups is 1. The summed E-state index contributed by atoms with van der Waals surface area (Å²) in [4.78, 5) is 39.2. The van der Waals surface area contributed by atoms with Gasteiger partial charge in [-0.2, -0.15) is 0 Å². The van der Waals surface area contributed by atoms with Crippen molar-refractivity contribution in [3.05, 3.63) is 76.7 Å². The van der Waals surface area contributed by atoms with Crippen LogP contribution in [0.15, 0.2) is 70.5 Å². The Morgan fingerprint density at radius 1 is 1.21 bits per heavy atom. The van der Waals surface area contributed by atoms with Crippen LogP contribution < -0.4 is 10.6 Å². The average Bonchev–Trinajstić information content (AvgIpc) is 3.74. The maximum Gasteiger partial charge on any atom is 0.340 e. The molecule has 1 aromatic heterocycles. The van der Waals surface area contributed by atoms with E-state index in [0.29, 0.717) is 45.5 Å². The van der Waals surface area contributed by atoms with E-state index in [1.807, 2.05) is 30.4 Å². The number of carbonyl (C=O) groups excluding carboxylic acids is 2. The molecule has 2 fully saturated rings. The zero-order valence-corrected chi connectivity index (χ0v) is 23.4. The number of benzene rings is 1. The summed E-state index contributed by atoms with van der Waals surface area (Å²) < 4.78 is 11.2. The first kappa shape index (κ1) is 26.7. The van der Waals surface area contributed by atoms with Gasteiger partial charge in [-0.1, -0.05) is 36.4 Å². The maximum absolute atomic E-state index is 13.5. The molecular formula is C31H34N6O5. The van der Waals surface area contributed by atoms with Crippen LogP contribution >= 0.6 is 0 Å². The molecule has 7 rings (SSSR count). The quantitative estimate of drug-likeness (QED) is 0.400. The van der Waals surface area contributed by atoms with Crippen molar-refractivity contribution in [3.8, 4) is 0 Å². The summed E-state index contributed by atoms with van der Waals surface area (Å²) in [6.07, 6.45) is 10.1. The number of likely N-dealkylation sites (N-methyl/N-ethyl adjacent to an activating group) is 1. The Balaban J connectivity index is 1.27. The molecule has 1 amide bonds. The summed E-state index contributed by atoms with van der Waals surface area (Å²) in [5, 5.41) is 18.1. The Hall–Kier alpha value is -4.19. The van der Waals surface area contributed by atoms with Gasteiger partial charge in [-0.15, -0.1) is 0 Å². The molecule has 1 aliphatic carbocycles. The number of carbonyl (C=O) groups is 2. The van der Waals surface area contributed by atoms with Gasteiger partial charge in [-0.05, 0) is 26.0 Å². The first-order valence-corrected chi connectivity index (χ1v) is 14.5. The van der Waals surface area contributed by atoms with Crippen molar-refractivity contribution < 1.29 is 24.2 Å². The molecule has 0 spiro atoms. The van der Waals surface area contributed by atoms with Gasteiger partial charge >= 0.3 is 5.97 Å². The van der Waals surface area contributed by atoms with Crippen LogP contribution in [0.3, 0.4) is 0 Å². The van der Waals surface area contributed by atoms with E-state index in [4.69, 9.17) is 14.5 Å². The van der Waals surface area contributed by atoms with Crippen LogP contribution in [0.4, 0.5) is 0 Å². The number of aliphatic hydroxyl groups excluding tert-OH is 1. The van der Waals surface area contributed by atoms with E-state index >= 15 is 0 Å². The van der Waals surface area contributed by atoms with E-state index in [2.05, 4.69) is 32.5 Å². The summed E-state index contributed by atoms with van der Waals surface area (Å²) in [5.41, 5.74) is 3.86. The highest BCUT2D eigenvalue weighted by atomic mass is 16.6. The summed E-state index contributed by atoms with van der Waals surface area (Å²) in [7, 11) is 2.10. The number of guanidine groups is 1. The molecule has 2 aromatic rings. The number of ether oxygens (including phenoxy) is 2. The second-order valence-electron chi connectivity index (χ2n) is 11.2. The monoisotopic (exact) mass is 570 g/mol. The first-order valence-electron chi connectivity index (χ1n) is 14.5. The molecule has 0 bridgehead atoms. The fourth-order valence-electron chi connectivity index (χ4n) is 6.23. The zero-order chi connectivity index (χ0) is 28.8. The van der Waals surface area contributed by atoms with Gasteiger partial charge in [0.25, 0.3) is 5.91 Å². The van der Waals surface area contributed by atoms with Crippen LogP contribution in [-0.4, -0.2) is 103 Å². The molecule has 11 nitrogen and oxygen atoms in total. The molecule has 42 heavy (non-hydrogen) atoms. The number of aliphatic imine (C=N–C) groups is 1. The second-order valence-corrected chi connectivity index (χ2v) is 11.2. The Bertz CT molecular complexity index is 1590. The lowest BCUT2D eigenvalue weighted by Crippen LogP contribution is -2.53. The van der Waals surface area contributed by atoms with E-state index in [0.717, 1.165) is 50.6 Å². The third-order valence-corrected chi connectivity index (χ3v) is 8.52. The minimum absolute atomic E-state index is 0.0759. The van der Waals surface area contributed by atoms with Crippen LogP contribution in [0.5, 0.6) is 0 Å². The zero-order valence-electron chi connectivity index (χ0n) is 23.4. The van der Waals surface area contributed by atoms with Gasteiger partial charge in [0.2, 0.25) is 0 Å². The third kappa shape index (κ3) is 4.73. The Labute approximate surface area is 243 Å². The number of hydrogen-bond donors (Lipinski definition) is 4. The summed E-state index contributed by atoms with van der Waals surface area (Å²) in [5.74, 6) is -0.126. The fourth-order valence-corrected chi connectivity index (χ4v) is 6.23. The van der Waals surface area contributed by atoms with E-state index in [9.17, 15) is 14.7 Å². The molecule has 0 saturated carbocycles. The number of aromatic nitrogens is 1. The topological polar surface area (TPSA) is 132 Å². The minimum atomic E-state index is -1.22. The van der Waals surface area contributed by atoms with E-state index < -0.39 is 18.1 Å². The van der Waals surface area contributed by atoms with Crippen molar-refractivity contribution in [2.24, 2.45) is 4.99 Å². The van der Waals surface area contributed by atoms with Crippen molar-refractivity contribution in [2.75, 3.05) is 46.4 Å². The SMILES string of the molecule is CN1CCN(C2=NC3C=CC=CC3=C(C3=C(c4c[nH]c5c(C(=O)OCC6CCCO6)cccc45)C(=O)NC3O)N2)CC1. The summed E-state index contributed by atoms with van der Waals surface area (Å²) in [6, 6.07) is 5.09. The minimum Gasteiger partial charge on any atom is -0.459 e. The molecule has 4 aliphatic heterocycles. The number of rotatable bonds is 5. The number of allylic oxidation sites excluding steroid dienone is 2. The van der Waals surface area contributed by atoms with Gasteiger partial charge in [-0.25, -0.2) is 9.79 Å². The van der Waals surface area contributed by atoms with Gasteiger partial charge in [0.15, 0.2) is 12.2 Å². The number of hydrogen-bond acceptors (Lipinski definition) is 9. The Morgan fingerprint density at radius 3 is 2.88 bits per heavy atom. The number of aromatic amines is 1. The lowest BCUT2D eigenvalue weighted by atomic mass is 9.91. The molecule has 218 valence electrons. The smallest absolute Gasteiger partial charge is 0.340 e. The molecule has 2 saturated heterocycles. The van der Waals surface area contributed by atoms with Gasteiger partial charge in [0.1, 0.15) is 6.61 Å². The molecule has 11 heteroatoms. The fraction of sp³-hybridized carbons (Fsp3) is 0.387. The highest BCUT2D eigenvalue weighted by Gasteiger charge is 2.39. The largest absolute Gasteiger partial charge is 0.459 e. The average molecular weight is 571 g/mol. The number of esters is 1. The molecule has 3 atom stereocenters. The second kappa shape index (κ2) is 10.9. The Morgan fingerprint density at radius 2 is 2.07 bits per heavy atom. The number of piperazine rings is 1. The van der Waals surface area contributed by atoms with Crippen LogP contribution in [0.1, 0.15) is 28.8 Å². The Kier molecular flexibility index (Phi) is 6.93. The molecule has 3 unspecified atom stereocenters. The normalized spacial score (nSPS) is 26.0. The van der Waals surface area contributed by atoms with Crippen molar-refractivity contribution in [2.45, 2.75) is 31.2 Å². The molecule has 4 N–H and O–H groups in total. The van der Waals surface area contributed by atoms with Gasteiger partial charge in [0, 0.05) is 61.1 Å². The van der Waals surface area contributed by atoms with Crippen molar-refractivity contribution in [3.63, 3.8) is 0 Å². The van der Waals surface area contributed by atoms with E-state index in [1.54, 1.807) is 18.3 Å². The third-order valence-electron chi connectivity index (χ3n) is 8.52. The van der Waals surface area contributed by atoms with Crippen molar-refractivity contribution >= 4 is 34.3 Å². The molecule has 1 aromatic carbocycles. The van der Waals surface area contributed by atoms with E-state index in [1.165, 1.54) is 0 Å². The number of para-hydroxylation sites is 1. The highest BCUT2D eigenvalue weighted by Crippen LogP contribution is 2.38. The van der Waals surface area contributed by atoms with Crippen LogP contribution in [-0.2, 0) is 14.3 Å². The summed E-state index contributed by atoms with van der Waals surface area (Å²) >= 11 is 0. The van der Waals surface area contributed by atoms with E-state index in [-0.39, 0.29) is 18.8 Å². The lowest BCUT2D eigenvalue weighted by molar-refractivity contribution is -0.116. The van der Waals surface area contributed by atoms with Crippen molar-refractivity contribution in [1.82, 2.24) is 25.4 Å². The number of nitrogens with one attached hydrogen (secondary N) is 3. The van der Waals surface area contributed by atoms with Gasteiger partial charge < -0.3 is 40.0 Å². The highest BCUT2D eigenvalue weighted by molar-refractivity contribution is 6.27. The number of nitrogens with zero attached hydrogens (tertiary/aromatic N) is 3. The lowest BCUT2D eigenvalue weighted by Gasteiger charge is -2.38. The predicted molar refractivity (Wildman–Crippen MR) is 157 cm³/mol. The first-order chi connectivity index (χ1) is 20.5. The van der Waals surface area contributed by atoms with Gasteiger partial charge in [0.05, 0.1) is 34.5 Å². The van der Waals surface area contributed by atoms with Crippen LogP contribution in [0, 0.1) is 0 Å². The van der Waals surface area contributed by atoms with Crippen molar-refractivity contribution in [1.29, 1.82) is 0 Å². The maximum atomic E-state index is 13.5. The number of H-pyrrole nitrogens is 1. The molecule has 5 heterocycles.